The van der Waals surface area contributed by atoms with Gasteiger partial charge in [-0.2, -0.15) is 0 Å². The highest BCUT2D eigenvalue weighted by molar-refractivity contribution is 5.90. The number of aromatic nitrogens is 1. The van der Waals surface area contributed by atoms with Crippen molar-refractivity contribution < 1.29 is 19.0 Å². The third kappa shape index (κ3) is 4.29. The number of nitro groups is 1. The number of rotatable bonds is 6. The number of amides is 1. The van der Waals surface area contributed by atoms with E-state index in [0.717, 1.165) is 11.3 Å². The lowest BCUT2D eigenvalue weighted by Gasteiger charge is -2.07. The molecule has 8 heteroatoms. The van der Waals surface area contributed by atoms with Gasteiger partial charge in [0.25, 0.3) is 5.91 Å². The van der Waals surface area contributed by atoms with Crippen molar-refractivity contribution in [2.24, 2.45) is 0 Å². The molecule has 0 unspecified atom stereocenters. The van der Waals surface area contributed by atoms with E-state index >= 15 is 0 Å². The number of nitro benzene ring substituents is 1. The lowest BCUT2D eigenvalue weighted by molar-refractivity contribution is -0.385. The standard InChI is InChI=1S/C15H17N3O5/c1-9(2)11-7-15(23-17-11)16-14(19)8-22-13-6-10(3)4-5-12(13)18(20)21/h4-7,9H,8H2,1-3H3,(H,16,19). The van der Waals surface area contributed by atoms with Gasteiger partial charge in [0, 0.05) is 12.1 Å². The zero-order valence-electron chi connectivity index (χ0n) is 13.0. The zero-order chi connectivity index (χ0) is 17.0. The summed E-state index contributed by atoms with van der Waals surface area (Å²) >= 11 is 0. The maximum absolute atomic E-state index is 11.8. The number of nitrogens with one attached hydrogen (secondary N) is 1. The van der Waals surface area contributed by atoms with Crippen molar-refractivity contribution in [3.05, 3.63) is 45.6 Å². The fraction of sp³-hybridized carbons (Fsp3) is 0.333. The Balaban J connectivity index is 1.99. The number of ether oxygens (including phenoxy) is 1. The van der Waals surface area contributed by atoms with Crippen LogP contribution < -0.4 is 10.1 Å². The highest BCUT2D eigenvalue weighted by Gasteiger charge is 2.17. The Morgan fingerprint density at radius 3 is 2.78 bits per heavy atom. The third-order valence-electron chi connectivity index (χ3n) is 3.05. The second-order valence-corrected chi connectivity index (χ2v) is 5.34. The molecule has 0 fully saturated rings. The van der Waals surface area contributed by atoms with E-state index in [1.807, 2.05) is 13.8 Å². The Morgan fingerprint density at radius 1 is 1.43 bits per heavy atom. The minimum atomic E-state index is -0.557. The van der Waals surface area contributed by atoms with Crippen LogP contribution in [0.2, 0.25) is 0 Å². The quantitative estimate of drug-likeness (QED) is 0.647. The van der Waals surface area contributed by atoms with Gasteiger partial charge in [0.1, 0.15) is 0 Å². The van der Waals surface area contributed by atoms with Crippen molar-refractivity contribution in [1.82, 2.24) is 5.16 Å². The number of carbonyl (C=O) groups excluding carboxylic acids is 1. The van der Waals surface area contributed by atoms with Crippen molar-refractivity contribution >= 4 is 17.5 Å². The van der Waals surface area contributed by atoms with Crippen LogP contribution in [0.3, 0.4) is 0 Å². The van der Waals surface area contributed by atoms with Crippen molar-refractivity contribution in [1.29, 1.82) is 0 Å². The highest BCUT2D eigenvalue weighted by atomic mass is 16.6. The molecule has 1 N–H and O–H groups in total. The molecule has 0 aliphatic carbocycles. The topological polar surface area (TPSA) is 108 Å². The monoisotopic (exact) mass is 319 g/mol. The summed E-state index contributed by atoms with van der Waals surface area (Å²) in [4.78, 5) is 22.2. The number of benzene rings is 1. The largest absolute Gasteiger partial charge is 0.477 e. The maximum atomic E-state index is 11.8. The smallest absolute Gasteiger partial charge is 0.310 e. The molecule has 23 heavy (non-hydrogen) atoms. The molecule has 2 aromatic rings. The molecule has 0 radical (unpaired) electrons. The normalized spacial score (nSPS) is 10.6. The van der Waals surface area contributed by atoms with Crippen LogP contribution >= 0.6 is 0 Å². The molecule has 0 aliphatic heterocycles. The van der Waals surface area contributed by atoms with Gasteiger partial charge in [-0.1, -0.05) is 25.1 Å². The summed E-state index contributed by atoms with van der Waals surface area (Å²) in [5.41, 5.74) is 1.32. The molecule has 1 aromatic carbocycles. The molecule has 1 aromatic heterocycles. The molecule has 8 nitrogen and oxygen atoms in total. The van der Waals surface area contributed by atoms with E-state index in [4.69, 9.17) is 9.26 Å². The molecule has 122 valence electrons. The van der Waals surface area contributed by atoms with Gasteiger partial charge in [-0.05, 0) is 24.5 Å². The van der Waals surface area contributed by atoms with Gasteiger partial charge in [0.2, 0.25) is 5.88 Å². The van der Waals surface area contributed by atoms with E-state index in [9.17, 15) is 14.9 Å². The molecule has 0 spiro atoms. The number of aryl methyl sites for hydroxylation is 1. The predicted molar refractivity (Wildman–Crippen MR) is 82.6 cm³/mol. The van der Waals surface area contributed by atoms with Crippen LogP contribution in [0.4, 0.5) is 11.6 Å². The van der Waals surface area contributed by atoms with Crippen LogP contribution in [-0.4, -0.2) is 22.6 Å². The number of hydrogen-bond donors (Lipinski definition) is 1. The average Bonchev–Trinajstić information content (AvgIpc) is 2.93. The van der Waals surface area contributed by atoms with E-state index < -0.39 is 10.8 Å². The van der Waals surface area contributed by atoms with Crippen LogP contribution in [0.25, 0.3) is 0 Å². The molecular formula is C15H17N3O5. The van der Waals surface area contributed by atoms with Gasteiger partial charge < -0.3 is 9.26 Å². The van der Waals surface area contributed by atoms with Gasteiger partial charge >= 0.3 is 5.69 Å². The van der Waals surface area contributed by atoms with Crippen molar-refractivity contribution in [3.8, 4) is 5.75 Å². The second-order valence-electron chi connectivity index (χ2n) is 5.34. The Labute approximate surface area is 132 Å². The van der Waals surface area contributed by atoms with E-state index in [1.165, 1.54) is 12.1 Å². The molecule has 0 atom stereocenters. The summed E-state index contributed by atoms with van der Waals surface area (Å²) in [6, 6.07) is 6.08. The summed E-state index contributed by atoms with van der Waals surface area (Å²) in [5, 5.41) is 17.2. The van der Waals surface area contributed by atoms with Crippen LogP contribution in [0.5, 0.6) is 5.75 Å². The first kappa shape index (κ1) is 16.5. The maximum Gasteiger partial charge on any atom is 0.310 e. The highest BCUT2D eigenvalue weighted by Crippen LogP contribution is 2.27. The van der Waals surface area contributed by atoms with E-state index in [2.05, 4.69) is 10.5 Å². The lowest BCUT2D eigenvalue weighted by atomic mass is 10.1. The van der Waals surface area contributed by atoms with Crippen LogP contribution in [-0.2, 0) is 4.79 Å². The van der Waals surface area contributed by atoms with Crippen LogP contribution in [0, 0.1) is 17.0 Å². The first-order valence-electron chi connectivity index (χ1n) is 7.01. The van der Waals surface area contributed by atoms with Gasteiger partial charge in [0.05, 0.1) is 10.6 Å². The summed E-state index contributed by atoms with van der Waals surface area (Å²) in [5.74, 6) is -0.0607. The molecule has 0 bridgehead atoms. The summed E-state index contributed by atoms with van der Waals surface area (Å²) < 4.78 is 10.2. The first-order valence-corrected chi connectivity index (χ1v) is 7.01. The second kappa shape index (κ2) is 6.91. The molecule has 0 saturated carbocycles. The number of hydrogen-bond acceptors (Lipinski definition) is 6. The Bertz CT molecular complexity index is 724. The lowest BCUT2D eigenvalue weighted by Crippen LogP contribution is -2.20. The molecule has 1 heterocycles. The van der Waals surface area contributed by atoms with Gasteiger partial charge in [-0.3, -0.25) is 20.2 Å². The predicted octanol–water partition coefficient (Wildman–Crippen LogP) is 3.03. The average molecular weight is 319 g/mol. The molecule has 0 aliphatic rings. The molecular weight excluding hydrogens is 302 g/mol. The van der Waals surface area contributed by atoms with E-state index in [1.54, 1.807) is 19.1 Å². The molecule has 0 saturated heterocycles. The number of carbonyl (C=O) groups is 1. The molecule has 1 amide bonds. The third-order valence-corrected chi connectivity index (χ3v) is 3.05. The zero-order valence-corrected chi connectivity index (χ0v) is 13.0. The Morgan fingerprint density at radius 2 is 2.17 bits per heavy atom. The van der Waals surface area contributed by atoms with Crippen molar-refractivity contribution in [2.45, 2.75) is 26.7 Å². The summed E-state index contributed by atoms with van der Waals surface area (Å²) in [7, 11) is 0. The molecule has 2 rings (SSSR count). The van der Waals surface area contributed by atoms with Gasteiger partial charge in [0.15, 0.2) is 12.4 Å². The minimum absolute atomic E-state index is 0.0468. The van der Waals surface area contributed by atoms with Crippen LogP contribution in [0.15, 0.2) is 28.8 Å². The van der Waals surface area contributed by atoms with Gasteiger partial charge in [-0.25, -0.2) is 0 Å². The summed E-state index contributed by atoms with van der Waals surface area (Å²) in [6.07, 6.45) is 0. The number of nitrogens with zero attached hydrogens (tertiary/aromatic N) is 2. The van der Waals surface area contributed by atoms with Gasteiger partial charge in [-0.15, -0.1) is 0 Å². The van der Waals surface area contributed by atoms with Crippen LogP contribution in [0.1, 0.15) is 31.0 Å². The van der Waals surface area contributed by atoms with Crippen molar-refractivity contribution in [2.75, 3.05) is 11.9 Å². The van der Waals surface area contributed by atoms with Crippen molar-refractivity contribution in [3.63, 3.8) is 0 Å². The first-order chi connectivity index (χ1) is 10.9. The number of anilines is 1. The summed E-state index contributed by atoms with van der Waals surface area (Å²) in [6.45, 7) is 5.30. The van der Waals surface area contributed by atoms with E-state index in [0.29, 0.717) is 0 Å². The minimum Gasteiger partial charge on any atom is -0.477 e. The Hall–Kier alpha value is -2.90. The SMILES string of the molecule is Cc1ccc([N+](=O)[O-])c(OCC(=O)Nc2cc(C(C)C)no2)c1. The van der Waals surface area contributed by atoms with E-state index in [-0.39, 0.29) is 29.8 Å². The Kier molecular flexibility index (Phi) is 4.95. The fourth-order valence-electron chi connectivity index (χ4n) is 1.82. The fourth-order valence-corrected chi connectivity index (χ4v) is 1.82.